The van der Waals surface area contributed by atoms with E-state index in [1.165, 1.54) is 12.1 Å². The van der Waals surface area contributed by atoms with Crippen LogP contribution in [0.2, 0.25) is 0 Å². The molecule has 1 rings (SSSR count). The summed E-state index contributed by atoms with van der Waals surface area (Å²) in [6.07, 6.45) is 0. The van der Waals surface area contributed by atoms with Gasteiger partial charge in [0.15, 0.2) is 0 Å². The van der Waals surface area contributed by atoms with Gasteiger partial charge in [-0.3, -0.25) is 4.79 Å². The molecule has 14 heavy (non-hydrogen) atoms. The molecule has 0 unspecified atom stereocenters. The van der Waals surface area contributed by atoms with E-state index < -0.39 is 12.0 Å². The molecule has 5 nitrogen and oxygen atoms in total. The van der Waals surface area contributed by atoms with Gasteiger partial charge in [0, 0.05) is 0 Å². The Morgan fingerprint density at radius 3 is 2.43 bits per heavy atom. The van der Waals surface area contributed by atoms with Crippen molar-refractivity contribution in [3.63, 3.8) is 0 Å². The predicted molar refractivity (Wildman–Crippen MR) is 56.6 cm³/mol. The number of halogens is 1. The Kier molecular flexibility index (Phi) is 6.98. The minimum absolute atomic E-state index is 0. The lowest BCUT2D eigenvalue weighted by Crippen LogP contribution is -2.20. The average molecular weight is 266 g/mol. The van der Waals surface area contributed by atoms with Crippen LogP contribution in [-0.4, -0.2) is 21.7 Å². The highest BCUT2D eigenvalue weighted by molar-refractivity contribution is 8.93. The second-order valence-electron chi connectivity index (χ2n) is 2.41. The summed E-state index contributed by atoms with van der Waals surface area (Å²) in [5, 5.41) is 17.5. The molecule has 1 aromatic rings. The van der Waals surface area contributed by atoms with E-state index in [1.54, 1.807) is 12.1 Å². The Balaban J connectivity index is 0. The number of aliphatic carboxylic acids is 1. The fraction of sp³-hybridized carbons (Fsp3) is 0.125. The molecule has 6 N–H and O–H groups in total. The number of carboxylic acid groups (broad SMARTS) is 1. The van der Waals surface area contributed by atoms with Gasteiger partial charge < -0.3 is 21.4 Å². The maximum absolute atomic E-state index is 10.4. The molecule has 0 heterocycles. The van der Waals surface area contributed by atoms with Gasteiger partial charge in [-0.2, -0.15) is 0 Å². The van der Waals surface area contributed by atoms with E-state index in [1.807, 2.05) is 0 Å². The van der Waals surface area contributed by atoms with Crippen LogP contribution in [0.3, 0.4) is 0 Å². The summed E-state index contributed by atoms with van der Waals surface area (Å²) in [4.78, 5) is 10.4. The molecule has 0 radical (unpaired) electrons. The fourth-order valence-corrected chi connectivity index (χ4v) is 0.861. The van der Waals surface area contributed by atoms with Crippen LogP contribution in [0.15, 0.2) is 24.3 Å². The van der Waals surface area contributed by atoms with Crippen LogP contribution in [0.4, 0.5) is 0 Å². The number of carboxylic acids is 1. The van der Waals surface area contributed by atoms with Crippen molar-refractivity contribution >= 4 is 23.0 Å². The molecule has 0 bridgehead atoms. The second kappa shape index (κ2) is 6.36. The Hall–Kier alpha value is -1.11. The first-order chi connectivity index (χ1) is 5.61. The van der Waals surface area contributed by atoms with Gasteiger partial charge in [-0.15, -0.1) is 17.0 Å². The summed E-state index contributed by atoms with van der Waals surface area (Å²) < 4.78 is 0. The van der Waals surface area contributed by atoms with Gasteiger partial charge in [-0.1, -0.05) is 12.1 Å². The van der Waals surface area contributed by atoms with Crippen LogP contribution in [-0.2, 0) is 4.79 Å². The number of rotatable bonds is 2. The minimum Gasteiger partial charge on any atom is -0.508 e. The van der Waals surface area contributed by atoms with Gasteiger partial charge in [-0.05, 0) is 17.7 Å². The number of phenolic OH excluding ortho intramolecular Hbond substituents is 1. The minimum atomic E-state index is -1.11. The first-order valence-corrected chi connectivity index (χ1v) is 3.38. The molecule has 0 saturated heterocycles. The van der Waals surface area contributed by atoms with E-state index in [4.69, 9.17) is 15.9 Å². The zero-order valence-corrected chi connectivity index (χ0v) is 8.89. The van der Waals surface area contributed by atoms with Gasteiger partial charge in [-0.25, -0.2) is 0 Å². The van der Waals surface area contributed by atoms with Crippen molar-refractivity contribution in [1.82, 2.24) is 0 Å². The topological polar surface area (TPSA) is 115 Å². The number of hydrogen-bond donors (Lipinski definition) is 3. The third kappa shape index (κ3) is 3.73. The van der Waals surface area contributed by atoms with Gasteiger partial charge in [0.05, 0.1) is 0 Å². The van der Waals surface area contributed by atoms with E-state index in [9.17, 15) is 4.79 Å². The van der Waals surface area contributed by atoms with E-state index in [2.05, 4.69) is 0 Å². The van der Waals surface area contributed by atoms with Crippen molar-refractivity contribution in [3.05, 3.63) is 29.8 Å². The van der Waals surface area contributed by atoms with Gasteiger partial charge in [0.25, 0.3) is 0 Å². The third-order valence-corrected chi connectivity index (χ3v) is 1.50. The Morgan fingerprint density at radius 1 is 1.43 bits per heavy atom. The quantitative estimate of drug-likeness (QED) is 0.710. The molecule has 0 aromatic heterocycles. The van der Waals surface area contributed by atoms with Crippen molar-refractivity contribution in [1.29, 1.82) is 0 Å². The number of carbonyl (C=O) groups is 1. The van der Waals surface area contributed by atoms with Crippen molar-refractivity contribution in [3.8, 4) is 5.75 Å². The van der Waals surface area contributed by atoms with Crippen LogP contribution in [0.1, 0.15) is 11.6 Å². The largest absolute Gasteiger partial charge is 0.508 e. The first-order valence-electron chi connectivity index (χ1n) is 3.38. The molecule has 0 fully saturated rings. The fourth-order valence-electron chi connectivity index (χ4n) is 0.861. The normalized spacial score (nSPS) is 10.6. The molecule has 1 atom stereocenters. The van der Waals surface area contributed by atoms with Crippen molar-refractivity contribution < 1.29 is 20.5 Å². The highest BCUT2D eigenvalue weighted by atomic mass is 79.9. The summed E-state index contributed by atoms with van der Waals surface area (Å²) in [6.45, 7) is 0. The van der Waals surface area contributed by atoms with Gasteiger partial charge >= 0.3 is 5.97 Å². The zero-order chi connectivity index (χ0) is 9.14. The highest BCUT2D eigenvalue weighted by Crippen LogP contribution is 2.16. The second-order valence-corrected chi connectivity index (χ2v) is 2.41. The molecule has 80 valence electrons. The van der Waals surface area contributed by atoms with Crippen LogP contribution < -0.4 is 5.73 Å². The van der Waals surface area contributed by atoms with Crippen LogP contribution >= 0.6 is 17.0 Å². The number of aromatic hydroxyl groups is 1. The Morgan fingerprint density at radius 2 is 2.00 bits per heavy atom. The van der Waals surface area contributed by atoms with Crippen LogP contribution in [0.5, 0.6) is 5.75 Å². The van der Waals surface area contributed by atoms with E-state index in [0.29, 0.717) is 5.56 Å². The molecular formula is C8H12BrNO4. The standard InChI is InChI=1S/C8H9NO3.BrH.H2O/c9-7(8(11)12)5-2-1-3-6(10)4-5;;/h1-4,7,10H,9H2,(H,11,12);1H;1H2/t7-;;/m1../s1. The molecule has 0 amide bonds. The number of nitrogens with two attached hydrogens (primary N) is 1. The van der Waals surface area contributed by atoms with Crippen molar-refractivity contribution in [2.45, 2.75) is 6.04 Å². The monoisotopic (exact) mass is 265 g/mol. The smallest absolute Gasteiger partial charge is 0.325 e. The third-order valence-electron chi connectivity index (χ3n) is 1.50. The lowest BCUT2D eigenvalue weighted by molar-refractivity contribution is -0.138. The SMILES string of the molecule is Br.N[C@@H](C(=O)O)c1cccc(O)c1.O. The summed E-state index contributed by atoms with van der Waals surface area (Å²) >= 11 is 0. The molecule has 0 spiro atoms. The molecule has 0 aliphatic heterocycles. The van der Waals surface area contributed by atoms with Gasteiger partial charge in [0.2, 0.25) is 0 Å². The lowest BCUT2D eigenvalue weighted by Gasteiger charge is -2.05. The Labute approximate surface area is 91.2 Å². The molecule has 1 aromatic carbocycles. The summed E-state index contributed by atoms with van der Waals surface area (Å²) in [5.74, 6) is -1.09. The molecule has 0 saturated carbocycles. The molecule has 0 aliphatic rings. The number of phenols is 1. The average Bonchev–Trinajstić information content (AvgIpc) is 2.03. The number of hydrogen-bond acceptors (Lipinski definition) is 3. The predicted octanol–water partition coefficient (Wildman–Crippen LogP) is 0.230. The summed E-state index contributed by atoms with van der Waals surface area (Å²) in [6, 6.07) is 4.82. The lowest BCUT2D eigenvalue weighted by atomic mass is 10.1. The van der Waals surface area contributed by atoms with Crippen LogP contribution in [0, 0.1) is 0 Å². The van der Waals surface area contributed by atoms with Gasteiger partial charge in [0.1, 0.15) is 11.8 Å². The molecule has 0 aliphatic carbocycles. The maximum atomic E-state index is 10.4. The van der Waals surface area contributed by atoms with E-state index in [-0.39, 0.29) is 28.2 Å². The van der Waals surface area contributed by atoms with Crippen molar-refractivity contribution in [2.24, 2.45) is 5.73 Å². The highest BCUT2D eigenvalue weighted by Gasteiger charge is 2.13. The Bertz CT molecular complexity index is 305. The maximum Gasteiger partial charge on any atom is 0.325 e. The summed E-state index contributed by atoms with van der Waals surface area (Å²) in [5.41, 5.74) is 5.69. The zero-order valence-electron chi connectivity index (χ0n) is 7.18. The van der Waals surface area contributed by atoms with E-state index >= 15 is 0 Å². The van der Waals surface area contributed by atoms with Crippen LogP contribution in [0.25, 0.3) is 0 Å². The summed E-state index contributed by atoms with van der Waals surface area (Å²) in [7, 11) is 0. The first kappa shape index (κ1) is 15.4. The molecular weight excluding hydrogens is 254 g/mol. The number of benzene rings is 1. The molecule has 6 heteroatoms. The van der Waals surface area contributed by atoms with Crippen molar-refractivity contribution in [2.75, 3.05) is 0 Å². The van der Waals surface area contributed by atoms with E-state index in [0.717, 1.165) is 0 Å².